The molecule has 1 N–H and O–H groups in total. The van der Waals surface area contributed by atoms with Gasteiger partial charge in [-0.05, 0) is 37.5 Å². The Bertz CT molecular complexity index is 521. The molecular weight excluding hydrogens is 290 g/mol. The van der Waals surface area contributed by atoms with E-state index >= 15 is 0 Å². The number of piperazine rings is 1. The summed E-state index contributed by atoms with van der Waals surface area (Å²) < 4.78 is 5.40. The van der Waals surface area contributed by atoms with Gasteiger partial charge >= 0.3 is 0 Å². The molecule has 0 radical (unpaired) electrons. The molecule has 0 aliphatic carbocycles. The summed E-state index contributed by atoms with van der Waals surface area (Å²) in [7, 11) is 0. The average Bonchev–Trinajstić information content (AvgIpc) is 3.10. The van der Waals surface area contributed by atoms with Crippen molar-refractivity contribution in [2.75, 3.05) is 50.8 Å². The number of nitrogens with zero attached hydrogens (tertiary/aromatic N) is 2. The average molecular weight is 317 g/mol. The van der Waals surface area contributed by atoms with E-state index in [4.69, 9.17) is 4.74 Å². The molecule has 3 rings (SSSR count). The molecule has 0 aromatic heterocycles. The van der Waals surface area contributed by atoms with Gasteiger partial charge in [0.15, 0.2) is 0 Å². The number of hydrogen-bond acceptors (Lipinski definition) is 4. The maximum atomic E-state index is 11.9. The van der Waals surface area contributed by atoms with Gasteiger partial charge in [-0.25, -0.2) is 0 Å². The minimum atomic E-state index is -0.215. The zero-order valence-corrected chi connectivity index (χ0v) is 14.0. The summed E-state index contributed by atoms with van der Waals surface area (Å²) in [4.78, 5) is 16.8. The van der Waals surface area contributed by atoms with E-state index in [0.717, 1.165) is 52.2 Å². The Hall–Kier alpha value is -1.59. The van der Waals surface area contributed by atoms with Crippen molar-refractivity contribution in [2.45, 2.75) is 25.9 Å². The lowest BCUT2D eigenvalue weighted by atomic mass is 10.2. The largest absolute Gasteiger partial charge is 0.369 e. The van der Waals surface area contributed by atoms with Crippen molar-refractivity contribution in [3.05, 3.63) is 29.8 Å². The van der Waals surface area contributed by atoms with Crippen LogP contribution in [0.1, 0.15) is 18.4 Å². The van der Waals surface area contributed by atoms with Gasteiger partial charge in [0.2, 0.25) is 5.91 Å². The summed E-state index contributed by atoms with van der Waals surface area (Å²) >= 11 is 0. The topological polar surface area (TPSA) is 44.8 Å². The van der Waals surface area contributed by atoms with E-state index in [9.17, 15) is 4.79 Å². The molecule has 126 valence electrons. The molecule has 1 amide bonds. The van der Waals surface area contributed by atoms with Gasteiger partial charge in [0.05, 0.1) is 0 Å². The van der Waals surface area contributed by atoms with E-state index in [1.54, 1.807) is 0 Å². The maximum absolute atomic E-state index is 11.9. The van der Waals surface area contributed by atoms with E-state index in [-0.39, 0.29) is 12.0 Å². The van der Waals surface area contributed by atoms with Gasteiger partial charge in [0.25, 0.3) is 0 Å². The third-order valence-electron chi connectivity index (χ3n) is 4.69. The molecule has 5 heteroatoms. The number of anilines is 1. The van der Waals surface area contributed by atoms with Gasteiger partial charge in [-0.15, -0.1) is 0 Å². The van der Waals surface area contributed by atoms with Crippen LogP contribution in [0.25, 0.3) is 0 Å². The Morgan fingerprint density at radius 3 is 2.83 bits per heavy atom. The first-order chi connectivity index (χ1) is 11.2. The third-order valence-corrected chi connectivity index (χ3v) is 4.69. The molecule has 2 aliphatic heterocycles. The van der Waals surface area contributed by atoms with Crippen LogP contribution in [0.2, 0.25) is 0 Å². The second kappa shape index (κ2) is 7.79. The van der Waals surface area contributed by atoms with Crippen LogP contribution >= 0.6 is 0 Å². The third kappa shape index (κ3) is 4.45. The molecule has 2 fully saturated rings. The van der Waals surface area contributed by atoms with E-state index in [2.05, 4.69) is 46.3 Å². The van der Waals surface area contributed by atoms with Crippen LogP contribution in [0.15, 0.2) is 24.3 Å². The highest BCUT2D eigenvalue weighted by molar-refractivity contribution is 5.80. The van der Waals surface area contributed by atoms with Crippen molar-refractivity contribution >= 4 is 11.6 Å². The van der Waals surface area contributed by atoms with Crippen LogP contribution in [0.3, 0.4) is 0 Å². The van der Waals surface area contributed by atoms with Crippen LogP contribution in [0.4, 0.5) is 5.69 Å². The number of nitrogens with one attached hydrogen (secondary N) is 1. The molecule has 2 saturated heterocycles. The first-order valence-corrected chi connectivity index (χ1v) is 8.66. The Labute approximate surface area is 138 Å². The van der Waals surface area contributed by atoms with E-state index in [1.165, 1.54) is 11.3 Å². The Balaban J connectivity index is 1.37. The van der Waals surface area contributed by atoms with Gasteiger partial charge < -0.3 is 15.0 Å². The highest BCUT2D eigenvalue weighted by Gasteiger charge is 2.23. The first-order valence-electron chi connectivity index (χ1n) is 8.66. The standard InChI is InChI=1S/C18H27N3O2/c1-15-4-2-5-16(14-15)21-11-9-20(10-12-21)8-7-19-18(22)17-6-3-13-23-17/h2,4-5,14,17H,3,6-13H2,1H3,(H,19,22)/t17-/m1/s1. The molecule has 1 aromatic carbocycles. The van der Waals surface area contributed by atoms with Crippen molar-refractivity contribution in [2.24, 2.45) is 0 Å². The lowest BCUT2D eigenvalue weighted by Crippen LogP contribution is -2.49. The maximum Gasteiger partial charge on any atom is 0.249 e. The highest BCUT2D eigenvalue weighted by Crippen LogP contribution is 2.17. The molecule has 23 heavy (non-hydrogen) atoms. The predicted octanol–water partition coefficient (Wildman–Crippen LogP) is 1.41. The van der Waals surface area contributed by atoms with E-state index < -0.39 is 0 Å². The van der Waals surface area contributed by atoms with Gasteiger partial charge in [-0.2, -0.15) is 0 Å². The van der Waals surface area contributed by atoms with Crippen molar-refractivity contribution in [1.29, 1.82) is 0 Å². The van der Waals surface area contributed by atoms with E-state index in [0.29, 0.717) is 6.54 Å². The molecule has 2 aliphatic rings. The molecule has 0 saturated carbocycles. The molecule has 1 atom stereocenters. The monoisotopic (exact) mass is 317 g/mol. The van der Waals surface area contributed by atoms with E-state index in [1.807, 2.05) is 0 Å². The summed E-state index contributed by atoms with van der Waals surface area (Å²) in [5.74, 6) is 0.0564. The van der Waals surface area contributed by atoms with Gasteiger partial charge in [-0.3, -0.25) is 9.69 Å². The zero-order chi connectivity index (χ0) is 16.1. The second-order valence-corrected chi connectivity index (χ2v) is 6.46. The number of aryl methyl sites for hydroxylation is 1. The van der Waals surface area contributed by atoms with Crippen LogP contribution in [0.5, 0.6) is 0 Å². The lowest BCUT2D eigenvalue weighted by Gasteiger charge is -2.36. The summed E-state index contributed by atoms with van der Waals surface area (Å²) in [5, 5.41) is 3.00. The zero-order valence-electron chi connectivity index (χ0n) is 14.0. The fraction of sp³-hybridized carbons (Fsp3) is 0.611. The number of ether oxygens (including phenoxy) is 1. The Morgan fingerprint density at radius 2 is 2.13 bits per heavy atom. The number of rotatable bonds is 5. The molecule has 1 aromatic rings. The van der Waals surface area contributed by atoms with Gasteiger partial charge in [-0.1, -0.05) is 12.1 Å². The minimum absolute atomic E-state index is 0.0564. The van der Waals surface area contributed by atoms with Crippen molar-refractivity contribution < 1.29 is 9.53 Å². The first kappa shape index (κ1) is 16.3. The predicted molar refractivity (Wildman–Crippen MR) is 91.8 cm³/mol. The lowest BCUT2D eigenvalue weighted by molar-refractivity contribution is -0.130. The summed E-state index contributed by atoms with van der Waals surface area (Å²) in [6.45, 7) is 8.67. The quantitative estimate of drug-likeness (QED) is 0.892. The number of carbonyl (C=O) groups excluding carboxylic acids is 1. The van der Waals surface area contributed by atoms with Crippen LogP contribution in [-0.2, 0) is 9.53 Å². The Morgan fingerprint density at radius 1 is 1.30 bits per heavy atom. The molecule has 5 nitrogen and oxygen atoms in total. The summed E-state index contributed by atoms with van der Waals surface area (Å²) in [6.07, 6.45) is 1.65. The molecule has 2 heterocycles. The molecular formula is C18H27N3O2. The normalized spacial score (nSPS) is 22.3. The second-order valence-electron chi connectivity index (χ2n) is 6.46. The fourth-order valence-electron chi connectivity index (χ4n) is 3.29. The molecule has 0 unspecified atom stereocenters. The van der Waals surface area contributed by atoms with Crippen molar-refractivity contribution in [1.82, 2.24) is 10.2 Å². The summed E-state index contributed by atoms with van der Waals surface area (Å²) in [6, 6.07) is 8.69. The van der Waals surface area contributed by atoms with Gasteiger partial charge in [0, 0.05) is 51.6 Å². The Kier molecular flexibility index (Phi) is 5.51. The molecule has 0 bridgehead atoms. The van der Waals surface area contributed by atoms with Crippen LogP contribution < -0.4 is 10.2 Å². The number of amides is 1. The number of hydrogen-bond donors (Lipinski definition) is 1. The SMILES string of the molecule is Cc1cccc(N2CCN(CCNC(=O)[C@H]3CCCO3)CC2)c1. The highest BCUT2D eigenvalue weighted by atomic mass is 16.5. The van der Waals surface area contributed by atoms with Crippen molar-refractivity contribution in [3.63, 3.8) is 0 Å². The van der Waals surface area contributed by atoms with Gasteiger partial charge in [0.1, 0.15) is 6.10 Å². The number of carbonyl (C=O) groups is 1. The molecule has 0 spiro atoms. The van der Waals surface area contributed by atoms with Crippen LogP contribution in [-0.4, -0.2) is 62.8 Å². The number of benzene rings is 1. The smallest absolute Gasteiger partial charge is 0.249 e. The van der Waals surface area contributed by atoms with Crippen LogP contribution in [0, 0.1) is 6.92 Å². The van der Waals surface area contributed by atoms with Crippen molar-refractivity contribution in [3.8, 4) is 0 Å². The summed E-state index contributed by atoms with van der Waals surface area (Å²) in [5.41, 5.74) is 2.62. The minimum Gasteiger partial charge on any atom is -0.369 e. The fourth-order valence-corrected chi connectivity index (χ4v) is 3.29.